The fourth-order valence-corrected chi connectivity index (χ4v) is 4.20. The SMILES string of the molecule is CC(C)c1nnc(COc2ccccc2S(=O)(=O)N2CCCC2)o1. The summed E-state index contributed by atoms with van der Waals surface area (Å²) in [4.78, 5) is 0.176. The van der Waals surface area contributed by atoms with E-state index in [2.05, 4.69) is 10.2 Å². The first-order valence-electron chi connectivity index (χ1n) is 8.03. The van der Waals surface area contributed by atoms with Crippen LogP contribution in [0.3, 0.4) is 0 Å². The molecule has 1 saturated heterocycles. The number of sulfonamides is 1. The van der Waals surface area contributed by atoms with Crippen LogP contribution in [0.4, 0.5) is 0 Å². The van der Waals surface area contributed by atoms with Crippen LogP contribution in [0.25, 0.3) is 0 Å². The third kappa shape index (κ3) is 3.44. The number of aromatic nitrogens is 2. The molecule has 8 heteroatoms. The molecule has 0 unspecified atom stereocenters. The maximum atomic E-state index is 12.8. The summed E-state index contributed by atoms with van der Waals surface area (Å²) in [6.07, 6.45) is 1.78. The van der Waals surface area contributed by atoms with Crippen molar-refractivity contribution in [1.29, 1.82) is 0 Å². The number of benzene rings is 1. The number of nitrogens with zero attached hydrogens (tertiary/aromatic N) is 3. The number of hydrogen-bond acceptors (Lipinski definition) is 6. The van der Waals surface area contributed by atoms with E-state index in [9.17, 15) is 8.42 Å². The molecule has 3 rings (SSSR count). The van der Waals surface area contributed by atoms with Crippen molar-refractivity contribution in [3.05, 3.63) is 36.0 Å². The summed E-state index contributed by atoms with van der Waals surface area (Å²) in [5, 5.41) is 7.86. The van der Waals surface area contributed by atoms with Gasteiger partial charge in [0.1, 0.15) is 10.6 Å². The number of rotatable bonds is 6. The molecular formula is C16H21N3O4S. The Labute approximate surface area is 141 Å². The smallest absolute Gasteiger partial charge is 0.253 e. The number of hydrogen-bond donors (Lipinski definition) is 0. The average molecular weight is 351 g/mol. The molecule has 1 aliphatic rings. The Balaban J connectivity index is 1.79. The fourth-order valence-electron chi connectivity index (χ4n) is 2.55. The summed E-state index contributed by atoms with van der Waals surface area (Å²) >= 11 is 0. The Morgan fingerprint density at radius 1 is 1.21 bits per heavy atom. The highest BCUT2D eigenvalue weighted by atomic mass is 32.2. The van der Waals surface area contributed by atoms with Gasteiger partial charge in [0.2, 0.25) is 15.9 Å². The molecule has 130 valence electrons. The summed E-state index contributed by atoms with van der Waals surface area (Å²) in [5.74, 6) is 1.29. The Hall–Kier alpha value is -1.93. The minimum atomic E-state index is -3.54. The maximum absolute atomic E-state index is 12.8. The lowest BCUT2D eigenvalue weighted by Crippen LogP contribution is -2.28. The van der Waals surface area contributed by atoms with Crippen LogP contribution in [-0.4, -0.2) is 36.0 Å². The highest BCUT2D eigenvalue weighted by Crippen LogP contribution is 2.29. The zero-order valence-electron chi connectivity index (χ0n) is 13.8. The van der Waals surface area contributed by atoms with E-state index in [0.717, 1.165) is 12.8 Å². The second-order valence-corrected chi connectivity index (χ2v) is 7.94. The van der Waals surface area contributed by atoms with E-state index in [1.165, 1.54) is 4.31 Å². The molecule has 0 aliphatic carbocycles. The van der Waals surface area contributed by atoms with Gasteiger partial charge >= 0.3 is 0 Å². The van der Waals surface area contributed by atoms with Crippen molar-refractivity contribution < 1.29 is 17.6 Å². The number of ether oxygens (including phenoxy) is 1. The minimum Gasteiger partial charge on any atom is -0.482 e. The van der Waals surface area contributed by atoms with Gasteiger partial charge in [0.25, 0.3) is 5.89 Å². The van der Waals surface area contributed by atoms with Gasteiger partial charge in [0.15, 0.2) is 6.61 Å². The predicted molar refractivity (Wildman–Crippen MR) is 87.2 cm³/mol. The Morgan fingerprint density at radius 3 is 2.58 bits per heavy atom. The van der Waals surface area contributed by atoms with Crippen LogP contribution >= 0.6 is 0 Å². The molecule has 0 amide bonds. The predicted octanol–water partition coefficient (Wildman–Crippen LogP) is 2.56. The van der Waals surface area contributed by atoms with Crippen LogP contribution in [0.5, 0.6) is 5.75 Å². The van der Waals surface area contributed by atoms with Gasteiger partial charge in [-0.25, -0.2) is 8.42 Å². The van der Waals surface area contributed by atoms with Crippen LogP contribution in [0, 0.1) is 0 Å². The van der Waals surface area contributed by atoms with Crippen LogP contribution in [0.2, 0.25) is 0 Å². The highest BCUT2D eigenvalue weighted by Gasteiger charge is 2.29. The summed E-state index contributed by atoms with van der Waals surface area (Å²) in [6, 6.07) is 6.64. The molecule has 2 aromatic rings. The third-order valence-corrected chi connectivity index (χ3v) is 5.80. The Kier molecular flexibility index (Phi) is 4.86. The van der Waals surface area contributed by atoms with Gasteiger partial charge in [-0.3, -0.25) is 0 Å². The summed E-state index contributed by atoms with van der Waals surface area (Å²) in [7, 11) is -3.54. The van der Waals surface area contributed by atoms with Gasteiger partial charge in [0, 0.05) is 19.0 Å². The summed E-state index contributed by atoms with van der Waals surface area (Å²) < 4.78 is 38.2. The molecule has 0 N–H and O–H groups in total. The molecule has 1 aliphatic heterocycles. The molecule has 0 saturated carbocycles. The Bertz CT molecular complexity index is 795. The maximum Gasteiger partial charge on any atom is 0.253 e. The van der Waals surface area contributed by atoms with Crippen LogP contribution in [0.15, 0.2) is 33.6 Å². The van der Waals surface area contributed by atoms with Crippen molar-refractivity contribution in [2.45, 2.75) is 44.1 Å². The first kappa shape index (κ1) is 16.9. The molecule has 7 nitrogen and oxygen atoms in total. The van der Waals surface area contributed by atoms with E-state index in [0.29, 0.717) is 30.6 Å². The van der Waals surface area contributed by atoms with E-state index in [1.807, 2.05) is 13.8 Å². The van der Waals surface area contributed by atoms with Gasteiger partial charge < -0.3 is 9.15 Å². The van der Waals surface area contributed by atoms with E-state index >= 15 is 0 Å². The Morgan fingerprint density at radius 2 is 1.92 bits per heavy atom. The van der Waals surface area contributed by atoms with Crippen LogP contribution < -0.4 is 4.74 Å². The largest absolute Gasteiger partial charge is 0.482 e. The van der Waals surface area contributed by atoms with Gasteiger partial charge in [-0.05, 0) is 25.0 Å². The van der Waals surface area contributed by atoms with Crippen LogP contribution in [-0.2, 0) is 16.6 Å². The van der Waals surface area contributed by atoms with Gasteiger partial charge in [-0.2, -0.15) is 4.31 Å². The monoisotopic (exact) mass is 351 g/mol. The average Bonchev–Trinajstić information content (AvgIpc) is 3.25. The second kappa shape index (κ2) is 6.90. The second-order valence-electron chi connectivity index (χ2n) is 6.04. The first-order chi connectivity index (χ1) is 11.5. The molecule has 0 radical (unpaired) electrons. The molecule has 0 atom stereocenters. The van der Waals surface area contributed by atoms with Crippen molar-refractivity contribution >= 4 is 10.0 Å². The topological polar surface area (TPSA) is 85.5 Å². The lowest BCUT2D eigenvalue weighted by Gasteiger charge is -2.17. The quantitative estimate of drug-likeness (QED) is 0.795. The van der Waals surface area contributed by atoms with Crippen molar-refractivity contribution in [3.63, 3.8) is 0 Å². The highest BCUT2D eigenvalue weighted by molar-refractivity contribution is 7.89. The summed E-state index contributed by atoms with van der Waals surface area (Å²) in [5.41, 5.74) is 0. The van der Waals surface area contributed by atoms with Crippen molar-refractivity contribution in [2.24, 2.45) is 0 Å². The normalized spacial score (nSPS) is 16.0. The lowest BCUT2D eigenvalue weighted by atomic mass is 10.2. The molecule has 24 heavy (non-hydrogen) atoms. The van der Waals surface area contributed by atoms with Crippen molar-refractivity contribution in [1.82, 2.24) is 14.5 Å². The minimum absolute atomic E-state index is 0.0340. The number of para-hydroxylation sites is 1. The van der Waals surface area contributed by atoms with E-state index in [-0.39, 0.29) is 17.4 Å². The molecule has 1 fully saturated rings. The molecule has 2 heterocycles. The third-order valence-electron chi connectivity index (χ3n) is 3.86. The molecule has 1 aromatic carbocycles. The molecule has 1 aromatic heterocycles. The van der Waals surface area contributed by atoms with Gasteiger partial charge in [-0.15, -0.1) is 10.2 Å². The molecular weight excluding hydrogens is 330 g/mol. The van der Waals surface area contributed by atoms with E-state index < -0.39 is 10.0 Å². The first-order valence-corrected chi connectivity index (χ1v) is 9.47. The van der Waals surface area contributed by atoms with Crippen molar-refractivity contribution in [3.8, 4) is 5.75 Å². The zero-order valence-corrected chi connectivity index (χ0v) is 14.6. The van der Waals surface area contributed by atoms with Gasteiger partial charge in [0.05, 0.1) is 0 Å². The van der Waals surface area contributed by atoms with Crippen LogP contribution in [0.1, 0.15) is 44.4 Å². The van der Waals surface area contributed by atoms with E-state index in [1.54, 1.807) is 24.3 Å². The molecule has 0 spiro atoms. The lowest BCUT2D eigenvalue weighted by molar-refractivity contribution is 0.251. The van der Waals surface area contributed by atoms with Gasteiger partial charge in [-0.1, -0.05) is 26.0 Å². The van der Waals surface area contributed by atoms with E-state index in [4.69, 9.17) is 9.15 Å². The van der Waals surface area contributed by atoms with Crippen molar-refractivity contribution in [2.75, 3.05) is 13.1 Å². The zero-order chi connectivity index (χ0) is 17.2. The summed E-state index contributed by atoms with van der Waals surface area (Å²) in [6.45, 7) is 5.05. The fraction of sp³-hybridized carbons (Fsp3) is 0.500. The molecule has 0 bridgehead atoms. The standard InChI is InChI=1S/C16H21N3O4S/c1-12(2)16-18-17-15(23-16)11-22-13-7-3-4-8-14(13)24(20,21)19-9-5-6-10-19/h3-4,7-8,12H,5-6,9-11H2,1-2H3.